The number of aliphatic imine (C=N–C) groups is 1. The van der Waals surface area contributed by atoms with Crippen LogP contribution in [0, 0.1) is 12.8 Å². The van der Waals surface area contributed by atoms with Crippen LogP contribution in [-0.4, -0.2) is 41.2 Å². The lowest BCUT2D eigenvalue weighted by atomic mass is 10.2. The number of aromatic nitrogens is 2. The lowest BCUT2D eigenvalue weighted by Crippen LogP contribution is -2.44. The van der Waals surface area contributed by atoms with E-state index in [1.54, 1.807) is 0 Å². The minimum atomic E-state index is 0. The summed E-state index contributed by atoms with van der Waals surface area (Å²) in [6, 6.07) is 9.19. The van der Waals surface area contributed by atoms with Crippen LogP contribution in [0.3, 0.4) is 0 Å². The molecule has 1 unspecified atom stereocenters. The summed E-state index contributed by atoms with van der Waals surface area (Å²) in [5.74, 6) is 2.48. The van der Waals surface area contributed by atoms with Gasteiger partial charge in [0.1, 0.15) is 12.4 Å². The average Bonchev–Trinajstić information content (AvgIpc) is 3.30. The molecule has 0 radical (unpaired) electrons. The van der Waals surface area contributed by atoms with E-state index < -0.39 is 0 Å². The van der Waals surface area contributed by atoms with Gasteiger partial charge in [-0.2, -0.15) is 0 Å². The highest BCUT2D eigenvalue weighted by molar-refractivity contribution is 14.0. The predicted molar refractivity (Wildman–Crippen MR) is 132 cm³/mol. The molecule has 2 aromatic rings. The van der Waals surface area contributed by atoms with Gasteiger partial charge in [-0.15, -0.1) is 24.0 Å². The number of anilines is 1. The standard InChI is InChI=1S/C22H34N6.HI/c1-5-23-22(25-14-21-24-11-13-28(21)15-17(2)3)26-19-10-12-27(16-19)20-8-6-18(4)7-9-20;/h6-9,11,13,17,19H,5,10,12,14-16H2,1-4H3,(H2,23,25,26);1H. The number of hydrogen-bond acceptors (Lipinski definition) is 3. The highest BCUT2D eigenvalue weighted by Crippen LogP contribution is 2.20. The number of nitrogens with zero attached hydrogens (tertiary/aromatic N) is 4. The summed E-state index contributed by atoms with van der Waals surface area (Å²) in [5.41, 5.74) is 2.60. The van der Waals surface area contributed by atoms with Crippen LogP contribution >= 0.6 is 24.0 Å². The van der Waals surface area contributed by atoms with Gasteiger partial charge in [-0.3, -0.25) is 0 Å². The molecule has 6 nitrogen and oxygen atoms in total. The van der Waals surface area contributed by atoms with E-state index >= 15 is 0 Å². The molecule has 29 heavy (non-hydrogen) atoms. The Balaban J connectivity index is 0.00000300. The van der Waals surface area contributed by atoms with Crippen LogP contribution in [0.4, 0.5) is 5.69 Å². The topological polar surface area (TPSA) is 57.5 Å². The monoisotopic (exact) mass is 510 g/mol. The summed E-state index contributed by atoms with van der Waals surface area (Å²) in [4.78, 5) is 11.7. The Labute approximate surface area is 192 Å². The molecule has 7 heteroatoms. The van der Waals surface area contributed by atoms with Crippen LogP contribution in [0.5, 0.6) is 0 Å². The maximum atomic E-state index is 4.79. The van der Waals surface area contributed by atoms with E-state index in [0.29, 0.717) is 18.5 Å². The van der Waals surface area contributed by atoms with Crippen molar-refractivity contribution in [3.63, 3.8) is 0 Å². The van der Waals surface area contributed by atoms with Crippen molar-refractivity contribution in [2.24, 2.45) is 10.9 Å². The fraction of sp³-hybridized carbons (Fsp3) is 0.545. The minimum absolute atomic E-state index is 0. The van der Waals surface area contributed by atoms with Gasteiger partial charge in [-0.05, 0) is 38.3 Å². The maximum absolute atomic E-state index is 4.79. The molecule has 1 aromatic carbocycles. The highest BCUT2D eigenvalue weighted by atomic mass is 127. The zero-order valence-electron chi connectivity index (χ0n) is 18.1. The van der Waals surface area contributed by atoms with Crippen molar-refractivity contribution in [2.45, 2.75) is 53.2 Å². The Kier molecular flexibility index (Phi) is 9.26. The van der Waals surface area contributed by atoms with Gasteiger partial charge >= 0.3 is 0 Å². The van der Waals surface area contributed by atoms with E-state index in [-0.39, 0.29) is 24.0 Å². The third-order valence-corrected chi connectivity index (χ3v) is 5.01. The first-order chi connectivity index (χ1) is 13.5. The lowest BCUT2D eigenvalue weighted by Gasteiger charge is -2.20. The van der Waals surface area contributed by atoms with Crippen molar-refractivity contribution in [2.75, 3.05) is 24.5 Å². The molecule has 1 aliphatic heterocycles. The zero-order chi connectivity index (χ0) is 19.9. The first-order valence-corrected chi connectivity index (χ1v) is 10.4. The Morgan fingerprint density at radius 2 is 2.03 bits per heavy atom. The molecule has 1 saturated heterocycles. The Morgan fingerprint density at radius 3 is 2.72 bits per heavy atom. The van der Waals surface area contributed by atoms with Gasteiger partial charge < -0.3 is 20.1 Å². The molecule has 0 saturated carbocycles. The molecular weight excluding hydrogens is 475 g/mol. The molecule has 2 heterocycles. The zero-order valence-corrected chi connectivity index (χ0v) is 20.4. The van der Waals surface area contributed by atoms with E-state index in [0.717, 1.165) is 44.4 Å². The Morgan fingerprint density at radius 1 is 1.28 bits per heavy atom. The molecule has 160 valence electrons. The molecule has 1 aromatic heterocycles. The smallest absolute Gasteiger partial charge is 0.191 e. The number of aryl methyl sites for hydroxylation is 1. The van der Waals surface area contributed by atoms with Crippen molar-refractivity contribution < 1.29 is 0 Å². The molecule has 1 aliphatic rings. The third kappa shape index (κ3) is 6.90. The van der Waals surface area contributed by atoms with Gasteiger partial charge in [0.05, 0.1) is 0 Å². The van der Waals surface area contributed by atoms with Crippen molar-refractivity contribution in [3.05, 3.63) is 48.0 Å². The van der Waals surface area contributed by atoms with Gasteiger partial charge in [-0.1, -0.05) is 31.5 Å². The molecule has 2 N–H and O–H groups in total. The first-order valence-electron chi connectivity index (χ1n) is 10.4. The number of nitrogens with one attached hydrogen (secondary N) is 2. The van der Waals surface area contributed by atoms with Crippen LogP contribution in [0.25, 0.3) is 0 Å². The normalized spacial score (nSPS) is 16.8. The maximum Gasteiger partial charge on any atom is 0.191 e. The molecule has 0 aliphatic carbocycles. The van der Waals surface area contributed by atoms with Crippen LogP contribution in [-0.2, 0) is 13.1 Å². The van der Waals surface area contributed by atoms with Crippen LogP contribution in [0.15, 0.2) is 41.7 Å². The summed E-state index contributed by atoms with van der Waals surface area (Å²) < 4.78 is 2.20. The second-order valence-corrected chi connectivity index (χ2v) is 8.00. The average molecular weight is 510 g/mol. The predicted octanol–water partition coefficient (Wildman–Crippen LogP) is 3.80. The number of hydrogen-bond donors (Lipinski definition) is 2. The Hall–Kier alpha value is -1.77. The van der Waals surface area contributed by atoms with Gasteiger partial charge in [0.15, 0.2) is 5.96 Å². The Bertz CT molecular complexity index is 768. The lowest BCUT2D eigenvalue weighted by molar-refractivity contribution is 0.507. The van der Waals surface area contributed by atoms with Crippen molar-refractivity contribution in [1.82, 2.24) is 20.2 Å². The molecule has 0 bridgehead atoms. The number of imidazole rings is 1. The third-order valence-electron chi connectivity index (χ3n) is 5.01. The van der Waals surface area contributed by atoms with Crippen LogP contribution < -0.4 is 15.5 Å². The van der Waals surface area contributed by atoms with Gasteiger partial charge in [0, 0.05) is 50.3 Å². The highest BCUT2D eigenvalue weighted by Gasteiger charge is 2.23. The van der Waals surface area contributed by atoms with Gasteiger partial charge in [0.25, 0.3) is 0 Å². The molecule has 1 atom stereocenters. The molecule has 3 rings (SSSR count). The molecular formula is C22H35IN6. The molecule has 0 amide bonds. The first kappa shape index (κ1) is 23.5. The minimum Gasteiger partial charge on any atom is -0.369 e. The molecule has 1 fully saturated rings. The second-order valence-electron chi connectivity index (χ2n) is 8.00. The quantitative estimate of drug-likeness (QED) is 0.338. The van der Waals surface area contributed by atoms with Gasteiger partial charge in [-0.25, -0.2) is 9.98 Å². The number of halogens is 1. The van der Waals surface area contributed by atoms with Crippen molar-refractivity contribution >= 4 is 35.6 Å². The fourth-order valence-corrected chi connectivity index (χ4v) is 3.58. The summed E-state index contributed by atoms with van der Waals surface area (Å²) in [5, 5.41) is 6.99. The number of benzene rings is 1. The van der Waals surface area contributed by atoms with Crippen LogP contribution in [0.2, 0.25) is 0 Å². The van der Waals surface area contributed by atoms with Crippen molar-refractivity contribution in [1.29, 1.82) is 0 Å². The van der Waals surface area contributed by atoms with E-state index in [4.69, 9.17) is 4.99 Å². The SMILES string of the molecule is CCNC(=NCc1nccn1CC(C)C)NC1CCN(c2ccc(C)cc2)C1.I. The van der Waals surface area contributed by atoms with Crippen LogP contribution in [0.1, 0.15) is 38.6 Å². The molecule has 0 spiro atoms. The number of guanidine groups is 1. The van der Waals surface area contributed by atoms with E-state index in [2.05, 4.69) is 77.0 Å². The van der Waals surface area contributed by atoms with Crippen molar-refractivity contribution in [3.8, 4) is 0 Å². The second kappa shape index (κ2) is 11.4. The summed E-state index contributed by atoms with van der Waals surface area (Å²) >= 11 is 0. The summed E-state index contributed by atoms with van der Waals surface area (Å²) in [6.07, 6.45) is 5.02. The summed E-state index contributed by atoms with van der Waals surface area (Å²) in [6.45, 7) is 13.1. The van der Waals surface area contributed by atoms with E-state index in [9.17, 15) is 0 Å². The van der Waals surface area contributed by atoms with E-state index in [1.165, 1.54) is 11.3 Å². The number of rotatable bonds is 7. The van der Waals surface area contributed by atoms with Gasteiger partial charge in [0.2, 0.25) is 0 Å². The van der Waals surface area contributed by atoms with E-state index in [1.807, 2.05) is 12.4 Å². The largest absolute Gasteiger partial charge is 0.369 e. The summed E-state index contributed by atoms with van der Waals surface area (Å²) in [7, 11) is 0. The fourth-order valence-electron chi connectivity index (χ4n) is 3.58.